The number of halogens is 2. The zero-order valence-corrected chi connectivity index (χ0v) is 22.8. The Kier molecular flexibility index (Phi) is 8.08. The minimum absolute atomic E-state index is 0.113. The number of carboxylic acid groups (broad SMARTS) is 1. The van der Waals surface area contributed by atoms with Crippen molar-refractivity contribution in [3.05, 3.63) is 0 Å². The summed E-state index contributed by atoms with van der Waals surface area (Å²) in [7, 11) is 0. The highest BCUT2D eigenvalue weighted by atomic mass is 19.3. The van der Waals surface area contributed by atoms with Gasteiger partial charge in [-0.3, -0.25) is 19.2 Å². The number of Topliss-reactive ketones (excluding diaryl/α,β-unsaturated/α-hetero) is 1. The van der Waals surface area contributed by atoms with Crippen LogP contribution in [0, 0.1) is 28.1 Å². The van der Waals surface area contributed by atoms with Gasteiger partial charge >= 0.3 is 6.09 Å². The van der Waals surface area contributed by atoms with Gasteiger partial charge in [0.15, 0.2) is 0 Å². The largest absolute Gasteiger partial charge is 0.465 e. The molecule has 210 valence electrons. The summed E-state index contributed by atoms with van der Waals surface area (Å²) in [6.45, 7) is 13.9. The summed E-state index contributed by atoms with van der Waals surface area (Å²) in [5.74, 6) is -7.57. The molecule has 1 saturated heterocycles. The molecule has 1 aliphatic heterocycles. The second-order valence-corrected chi connectivity index (χ2v) is 12.7. The number of fused-ring (bicyclic) bond motifs is 1. The van der Waals surface area contributed by atoms with Crippen molar-refractivity contribution in [2.24, 2.45) is 33.8 Å². The lowest BCUT2D eigenvalue weighted by molar-refractivity contribution is -0.162. The zero-order valence-electron chi connectivity index (χ0n) is 22.8. The minimum atomic E-state index is -3.15. The molecule has 5 N–H and O–H groups in total. The van der Waals surface area contributed by atoms with Gasteiger partial charge in [-0.05, 0) is 41.4 Å². The topological polar surface area (TPSA) is 159 Å². The number of nitrogens with zero attached hydrogens (tertiary/aromatic N) is 1. The van der Waals surface area contributed by atoms with Crippen LogP contribution in [0.1, 0.15) is 68.2 Å². The van der Waals surface area contributed by atoms with E-state index in [4.69, 9.17) is 5.73 Å². The Balaban J connectivity index is 2.48. The van der Waals surface area contributed by atoms with Crippen LogP contribution in [-0.2, 0) is 19.2 Å². The smallest absolute Gasteiger partial charge is 0.405 e. The van der Waals surface area contributed by atoms with E-state index in [1.807, 2.05) is 27.7 Å². The highest BCUT2D eigenvalue weighted by Gasteiger charge is 2.70. The van der Waals surface area contributed by atoms with Gasteiger partial charge in [0.2, 0.25) is 23.5 Å². The Labute approximate surface area is 216 Å². The van der Waals surface area contributed by atoms with Gasteiger partial charge in [0.05, 0.1) is 6.04 Å². The Morgan fingerprint density at radius 2 is 1.57 bits per heavy atom. The van der Waals surface area contributed by atoms with Crippen LogP contribution in [0.2, 0.25) is 0 Å². The first kappa shape index (κ1) is 30.4. The number of carbonyl (C=O) groups is 5. The van der Waals surface area contributed by atoms with Crippen molar-refractivity contribution in [3.8, 4) is 0 Å². The Morgan fingerprint density at radius 3 is 2.00 bits per heavy atom. The summed E-state index contributed by atoms with van der Waals surface area (Å²) >= 11 is 0. The van der Waals surface area contributed by atoms with Crippen LogP contribution in [0.4, 0.5) is 13.6 Å². The van der Waals surface area contributed by atoms with Gasteiger partial charge in [0, 0.05) is 13.0 Å². The molecule has 0 aromatic carbocycles. The number of hydrogen-bond donors (Lipinski definition) is 4. The lowest BCUT2D eigenvalue weighted by Gasteiger charge is -2.63. The summed E-state index contributed by atoms with van der Waals surface area (Å²) in [4.78, 5) is 64.2. The fraction of sp³-hybridized carbons (Fsp3) is 0.800. The molecule has 1 saturated carbocycles. The van der Waals surface area contributed by atoms with Crippen molar-refractivity contribution in [2.45, 2.75) is 92.3 Å². The predicted molar refractivity (Wildman–Crippen MR) is 130 cm³/mol. The highest BCUT2D eigenvalue weighted by molar-refractivity contribution is 6.37. The molecule has 4 amide bonds. The van der Waals surface area contributed by atoms with Crippen molar-refractivity contribution < 1.29 is 37.9 Å². The number of nitrogens with one attached hydrogen (secondary N) is 2. The molecular formula is C25H40F2N4O6. The molecule has 0 bridgehead atoms. The zero-order chi connectivity index (χ0) is 28.9. The number of carbonyl (C=O) groups excluding carboxylic acids is 4. The number of hydrogen-bond acceptors (Lipinski definition) is 5. The monoisotopic (exact) mass is 530 g/mol. The van der Waals surface area contributed by atoms with Crippen LogP contribution in [0.25, 0.3) is 0 Å². The molecule has 2 aliphatic rings. The molecule has 2 fully saturated rings. The number of rotatable bonds is 9. The molecule has 5 atom stereocenters. The van der Waals surface area contributed by atoms with E-state index in [-0.39, 0.29) is 23.8 Å². The van der Waals surface area contributed by atoms with Gasteiger partial charge in [0.25, 0.3) is 5.91 Å². The fourth-order valence-corrected chi connectivity index (χ4v) is 5.80. The SMILES string of the molecule is CC(F)(F)CC[C@H](NC(=O)[C@@H]1[C@@H]2[C@H](CN1C(=O)[C@@H](NC(=O)O)C(C)(C)C)C(C)(C)C2(C)C)C(=O)C(N)=O. The molecule has 37 heavy (non-hydrogen) atoms. The number of ketones is 1. The van der Waals surface area contributed by atoms with E-state index in [0.29, 0.717) is 6.92 Å². The lowest BCUT2D eigenvalue weighted by atomic mass is 9.40. The predicted octanol–water partition coefficient (Wildman–Crippen LogP) is 2.15. The average Bonchev–Trinajstić information content (AvgIpc) is 3.13. The summed E-state index contributed by atoms with van der Waals surface area (Å²) in [5, 5.41) is 14.0. The first-order valence-corrected chi connectivity index (χ1v) is 12.4. The summed E-state index contributed by atoms with van der Waals surface area (Å²) in [5.41, 5.74) is 3.54. The standard InChI is InChI=1S/C25H40F2N4O6/c1-22(2,3)17(30-21(36)37)20(35)31-11-12-14(24(6,7)23(12,4)5)15(31)19(34)29-13(16(32)18(28)33)9-10-25(8,26)27/h12-15,17,30H,9-11H2,1-8H3,(H2,28,33)(H,29,34)(H,36,37)/t12-,13-,14-,15-,17+/m0/s1. The molecule has 1 heterocycles. The van der Waals surface area contributed by atoms with Gasteiger partial charge in [-0.15, -0.1) is 0 Å². The quantitative estimate of drug-likeness (QED) is 0.334. The van der Waals surface area contributed by atoms with E-state index < -0.39 is 77.3 Å². The second-order valence-electron chi connectivity index (χ2n) is 12.7. The van der Waals surface area contributed by atoms with Crippen LogP contribution in [0.5, 0.6) is 0 Å². The maximum Gasteiger partial charge on any atom is 0.405 e. The third-order valence-corrected chi connectivity index (χ3v) is 8.60. The summed E-state index contributed by atoms with van der Waals surface area (Å²) < 4.78 is 27.0. The third kappa shape index (κ3) is 5.87. The second kappa shape index (κ2) is 9.83. The molecule has 2 rings (SSSR count). The third-order valence-electron chi connectivity index (χ3n) is 8.60. The average molecular weight is 531 g/mol. The van der Waals surface area contributed by atoms with Crippen molar-refractivity contribution >= 4 is 29.6 Å². The highest BCUT2D eigenvalue weighted by Crippen LogP contribution is 2.68. The van der Waals surface area contributed by atoms with E-state index in [1.165, 1.54) is 4.90 Å². The fourth-order valence-electron chi connectivity index (χ4n) is 5.80. The van der Waals surface area contributed by atoms with Crippen LogP contribution in [-0.4, -0.2) is 70.2 Å². The number of alkyl halides is 2. The molecule has 0 aromatic rings. The molecular weight excluding hydrogens is 490 g/mol. The van der Waals surface area contributed by atoms with E-state index in [1.54, 1.807) is 20.8 Å². The lowest BCUT2D eigenvalue weighted by Crippen LogP contribution is -2.64. The van der Waals surface area contributed by atoms with Crippen LogP contribution >= 0.6 is 0 Å². The van der Waals surface area contributed by atoms with E-state index in [0.717, 1.165) is 0 Å². The van der Waals surface area contributed by atoms with Crippen LogP contribution in [0.3, 0.4) is 0 Å². The van der Waals surface area contributed by atoms with Gasteiger partial charge in [0.1, 0.15) is 12.1 Å². The van der Waals surface area contributed by atoms with Gasteiger partial charge < -0.3 is 26.4 Å². The molecule has 0 radical (unpaired) electrons. The Hall–Kier alpha value is -2.79. The normalized spacial score (nSPS) is 25.8. The van der Waals surface area contributed by atoms with Crippen molar-refractivity contribution in [1.82, 2.24) is 15.5 Å². The number of amides is 4. The van der Waals surface area contributed by atoms with E-state index in [9.17, 15) is 37.9 Å². The molecule has 10 nitrogen and oxygen atoms in total. The minimum Gasteiger partial charge on any atom is -0.465 e. The molecule has 0 spiro atoms. The van der Waals surface area contributed by atoms with Crippen molar-refractivity contribution in [2.75, 3.05) is 6.54 Å². The number of nitrogens with two attached hydrogens (primary N) is 1. The summed E-state index contributed by atoms with van der Waals surface area (Å²) in [6, 6.07) is -3.87. The van der Waals surface area contributed by atoms with Crippen LogP contribution in [0.15, 0.2) is 0 Å². The Bertz CT molecular complexity index is 969. The van der Waals surface area contributed by atoms with Crippen molar-refractivity contribution in [3.63, 3.8) is 0 Å². The molecule has 12 heteroatoms. The first-order chi connectivity index (χ1) is 16.5. The van der Waals surface area contributed by atoms with Gasteiger partial charge in [-0.2, -0.15) is 0 Å². The van der Waals surface area contributed by atoms with E-state index in [2.05, 4.69) is 10.6 Å². The summed E-state index contributed by atoms with van der Waals surface area (Å²) in [6.07, 6.45) is -2.69. The first-order valence-electron chi connectivity index (χ1n) is 12.4. The maximum atomic E-state index is 13.7. The molecule has 0 aromatic heterocycles. The Morgan fingerprint density at radius 1 is 1.03 bits per heavy atom. The van der Waals surface area contributed by atoms with Crippen molar-refractivity contribution in [1.29, 1.82) is 0 Å². The number of likely N-dealkylation sites (tertiary alicyclic amines) is 1. The number of primary amides is 1. The molecule has 0 unspecified atom stereocenters. The maximum absolute atomic E-state index is 13.7. The van der Waals surface area contributed by atoms with Crippen LogP contribution < -0.4 is 16.4 Å². The van der Waals surface area contributed by atoms with Gasteiger partial charge in [-0.25, -0.2) is 13.6 Å². The van der Waals surface area contributed by atoms with Gasteiger partial charge in [-0.1, -0.05) is 48.5 Å². The van der Waals surface area contributed by atoms with E-state index >= 15 is 0 Å². The molecule has 1 aliphatic carbocycles.